The Labute approximate surface area is 143 Å². The Morgan fingerprint density at radius 2 is 1.76 bits per heavy atom. The van der Waals surface area contributed by atoms with E-state index < -0.39 is 0 Å². The van der Waals surface area contributed by atoms with Gasteiger partial charge in [-0.05, 0) is 6.07 Å². The standard InChI is InChI=1S/C15H23N3O2.HI/c1-17(2)15(18(3)4)16-11-12-7-5-8-13-14(12)20-10-6-9-19-13;/h5,7-8H,6,9-11H2,1-4H3;1H. The van der Waals surface area contributed by atoms with Gasteiger partial charge < -0.3 is 19.3 Å². The molecule has 0 fully saturated rings. The normalized spacial score (nSPS) is 12.8. The zero-order valence-electron chi connectivity index (χ0n) is 13.1. The predicted octanol–water partition coefficient (Wildman–Crippen LogP) is 2.45. The number of hydrogen-bond acceptors (Lipinski definition) is 3. The quantitative estimate of drug-likeness (QED) is 0.431. The maximum absolute atomic E-state index is 5.81. The third-order valence-corrected chi connectivity index (χ3v) is 3.04. The SMILES string of the molecule is CN(C)C(=NCc1cccc2c1OCCCO2)N(C)C.I. The van der Waals surface area contributed by atoms with E-state index in [2.05, 4.69) is 4.99 Å². The molecule has 1 aliphatic rings. The zero-order chi connectivity index (χ0) is 14.5. The van der Waals surface area contributed by atoms with Crippen molar-refractivity contribution in [3.05, 3.63) is 23.8 Å². The molecule has 5 nitrogen and oxygen atoms in total. The van der Waals surface area contributed by atoms with Gasteiger partial charge in [0.1, 0.15) is 0 Å². The second-order valence-corrected chi connectivity index (χ2v) is 5.20. The third kappa shape index (κ3) is 4.66. The molecule has 0 amide bonds. The van der Waals surface area contributed by atoms with Crippen LogP contribution in [0.4, 0.5) is 0 Å². The second-order valence-electron chi connectivity index (χ2n) is 5.20. The number of nitrogens with zero attached hydrogens (tertiary/aromatic N) is 3. The number of hydrogen-bond donors (Lipinski definition) is 0. The molecular formula is C15H24IN3O2. The lowest BCUT2D eigenvalue weighted by atomic mass is 10.2. The van der Waals surface area contributed by atoms with Crippen LogP contribution in [0.3, 0.4) is 0 Å². The van der Waals surface area contributed by atoms with Crippen LogP contribution in [0.15, 0.2) is 23.2 Å². The van der Waals surface area contributed by atoms with Crippen molar-refractivity contribution in [2.75, 3.05) is 41.4 Å². The summed E-state index contributed by atoms with van der Waals surface area (Å²) < 4.78 is 11.5. The molecule has 0 saturated heterocycles. The van der Waals surface area contributed by atoms with Crippen LogP contribution < -0.4 is 9.47 Å². The van der Waals surface area contributed by atoms with Gasteiger partial charge in [-0.2, -0.15) is 0 Å². The lowest BCUT2D eigenvalue weighted by Gasteiger charge is -2.22. The minimum atomic E-state index is 0. The van der Waals surface area contributed by atoms with Gasteiger partial charge in [0, 0.05) is 40.2 Å². The molecule has 0 saturated carbocycles. The molecule has 1 aromatic rings. The molecule has 0 spiro atoms. The van der Waals surface area contributed by atoms with Crippen LogP contribution >= 0.6 is 24.0 Å². The van der Waals surface area contributed by atoms with Crippen molar-refractivity contribution in [1.29, 1.82) is 0 Å². The molecule has 0 bridgehead atoms. The van der Waals surface area contributed by atoms with Gasteiger partial charge in [-0.3, -0.25) is 0 Å². The summed E-state index contributed by atoms with van der Waals surface area (Å²) in [6, 6.07) is 5.98. The highest BCUT2D eigenvalue weighted by atomic mass is 127. The Bertz CT molecular complexity index is 480. The van der Waals surface area contributed by atoms with Crippen molar-refractivity contribution in [3.8, 4) is 11.5 Å². The molecular weight excluding hydrogens is 381 g/mol. The number of ether oxygens (including phenoxy) is 2. The second kappa shape index (κ2) is 8.31. The van der Waals surface area contributed by atoms with E-state index in [9.17, 15) is 0 Å². The van der Waals surface area contributed by atoms with Crippen LogP contribution in [0.5, 0.6) is 11.5 Å². The Morgan fingerprint density at radius 3 is 2.43 bits per heavy atom. The molecule has 0 atom stereocenters. The lowest BCUT2D eigenvalue weighted by molar-refractivity contribution is 0.296. The van der Waals surface area contributed by atoms with Crippen molar-refractivity contribution in [3.63, 3.8) is 0 Å². The van der Waals surface area contributed by atoms with E-state index >= 15 is 0 Å². The van der Waals surface area contributed by atoms with Crippen LogP contribution in [0.1, 0.15) is 12.0 Å². The first-order chi connectivity index (χ1) is 9.59. The molecule has 21 heavy (non-hydrogen) atoms. The maximum atomic E-state index is 5.81. The highest BCUT2D eigenvalue weighted by molar-refractivity contribution is 14.0. The van der Waals surface area contributed by atoms with Gasteiger partial charge >= 0.3 is 0 Å². The minimum absolute atomic E-state index is 0. The van der Waals surface area contributed by atoms with Crippen molar-refractivity contribution in [1.82, 2.24) is 9.80 Å². The summed E-state index contributed by atoms with van der Waals surface area (Å²) in [6.45, 7) is 1.99. The van der Waals surface area contributed by atoms with E-state index in [0.29, 0.717) is 19.8 Å². The Kier molecular flexibility index (Phi) is 7.07. The summed E-state index contributed by atoms with van der Waals surface area (Å²) in [5.74, 6) is 2.59. The molecule has 2 rings (SSSR count). The number of benzene rings is 1. The first-order valence-electron chi connectivity index (χ1n) is 6.86. The minimum Gasteiger partial charge on any atom is -0.490 e. The molecule has 0 N–H and O–H groups in total. The number of aliphatic imine (C=N–C) groups is 1. The van der Waals surface area contributed by atoms with Gasteiger partial charge in [0.2, 0.25) is 0 Å². The average molecular weight is 405 g/mol. The summed E-state index contributed by atoms with van der Waals surface area (Å²) in [5.41, 5.74) is 1.06. The van der Waals surface area contributed by atoms with E-state index in [-0.39, 0.29) is 24.0 Å². The number of para-hydroxylation sites is 1. The first kappa shape index (κ1) is 17.9. The molecule has 1 heterocycles. The van der Waals surface area contributed by atoms with Gasteiger partial charge in [0.25, 0.3) is 0 Å². The molecule has 1 aliphatic heterocycles. The summed E-state index contributed by atoms with van der Waals surface area (Å²) in [7, 11) is 7.96. The summed E-state index contributed by atoms with van der Waals surface area (Å²) in [5, 5.41) is 0. The van der Waals surface area contributed by atoms with Crippen LogP contribution in [-0.4, -0.2) is 57.2 Å². The Morgan fingerprint density at radius 1 is 1.10 bits per heavy atom. The van der Waals surface area contributed by atoms with Crippen LogP contribution in [0, 0.1) is 0 Å². The van der Waals surface area contributed by atoms with E-state index in [1.165, 1.54) is 0 Å². The fraction of sp³-hybridized carbons (Fsp3) is 0.533. The van der Waals surface area contributed by atoms with Crippen molar-refractivity contribution < 1.29 is 9.47 Å². The van der Waals surface area contributed by atoms with Crippen LogP contribution in [-0.2, 0) is 6.54 Å². The summed E-state index contributed by atoms with van der Waals surface area (Å²) in [4.78, 5) is 8.66. The molecule has 118 valence electrons. The van der Waals surface area contributed by atoms with E-state index in [1.807, 2.05) is 56.2 Å². The van der Waals surface area contributed by atoms with E-state index in [0.717, 1.165) is 29.4 Å². The summed E-state index contributed by atoms with van der Waals surface area (Å²) in [6.07, 6.45) is 0.915. The molecule has 1 aromatic carbocycles. The predicted molar refractivity (Wildman–Crippen MR) is 96.0 cm³/mol. The van der Waals surface area contributed by atoms with Gasteiger partial charge in [-0.1, -0.05) is 12.1 Å². The van der Waals surface area contributed by atoms with E-state index in [1.54, 1.807) is 0 Å². The molecule has 0 radical (unpaired) electrons. The number of halogens is 1. The van der Waals surface area contributed by atoms with Gasteiger partial charge in [0.05, 0.1) is 19.8 Å². The summed E-state index contributed by atoms with van der Waals surface area (Å²) >= 11 is 0. The van der Waals surface area contributed by atoms with Crippen LogP contribution in [0.2, 0.25) is 0 Å². The number of fused-ring (bicyclic) bond motifs is 1. The topological polar surface area (TPSA) is 37.3 Å². The van der Waals surface area contributed by atoms with Crippen molar-refractivity contribution in [2.45, 2.75) is 13.0 Å². The molecule has 0 aromatic heterocycles. The van der Waals surface area contributed by atoms with E-state index in [4.69, 9.17) is 9.47 Å². The zero-order valence-corrected chi connectivity index (χ0v) is 15.5. The Balaban J connectivity index is 0.00000220. The van der Waals surface area contributed by atoms with Crippen molar-refractivity contribution in [2.24, 2.45) is 4.99 Å². The largest absolute Gasteiger partial charge is 0.490 e. The third-order valence-electron chi connectivity index (χ3n) is 3.04. The molecule has 0 aliphatic carbocycles. The fourth-order valence-electron chi connectivity index (χ4n) is 2.22. The smallest absolute Gasteiger partial charge is 0.195 e. The van der Waals surface area contributed by atoms with Gasteiger partial charge in [-0.25, -0.2) is 4.99 Å². The van der Waals surface area contributed by atoms with Crippen LogP contribution in [0.25, 0.3) is 0 Å². The van der Waals surface area contributed by atoms with Gasteiger partial charge in [-0.15, -0.1) is 24.0 Å². The first-order valence-corrected chi connectivity index (χ1v) is 6.86. The monoisotopic (exact) mass is 405 g/mol. The highest BCUT2D eigenvalue weighted by Crippen LogP contribution is 2.33. The Hall–Kier alpha value is -1.18. The lowest BCUT2D eigenvalue weighted by Crippen LogP contribution is -2.35. The number of guanidine groups is 1. The maximum Gasteiger partial charge on any atom is 0.195 e. The number of rotatable bonds is 2. The van der Waals surface area contributed by atoms with Crippen molar-refractivity contribution >= 4 is 29.9 Å². The molecule has 0 unspecified atom stereocenters. The fourth-order valence-corrected chi connectivity index (χ4v) is 2.22. The highest BCUT2D eigenvalue weighted by Gasteiger charge is 2.14. The average Bonchev–Trinajstić information content (AvgIpc) is 2.63. The van der Waals surface area contributed by atoms with Gasteiger partial charge in [0.15, 0.2) is 17.5 Å². The molecule has 6 heteroatoms.